The molecule has 0 aromatic carbocycles. The van der Waals surface area contributed by atoms with Crippen LogP contribution in [0.1, 0.15) is 60.3 Å². The molecule has 0 amide bonds. The van der Waals surface area contributed by atoms with E-state index in [1.165, 1.54) is 6.07 Å². The Balaban J connectivity index is 1.28. The third kappa shape index (κ3) is 3.19. The zero-order chi connectivity index (χ0) is 20.2. The van der Waals surface area contributed by atoms with E-state index < -0.39 is 11.5 Å². The van der Waals surface area contributed by atoms with Crippen LogP contribution in [0.3, 0.4) is 0 Å². The van der Waals surface area contributed by atoms with Gasteiger partial charge in [0.1, 0.15) is 5.69 Å². The molecule has 1 saturated heterocycles. The Labute approximate surface area is 170 Å². The SMILES string of the molecule is CC1(C)OC2(CCN(C[C@H]3CC(=O)c4ncccc4C3)CC2)c2cnc(F)cc21. The molecule has 29 heavy (non-hydrogen) atoms. The monoisotopic (exact) mass is 395 g/mol. The molecular weight excluding hydrogens is 369 g/mol. The van der Waals surface area contributed by atoms with Crippen molar-refractivity contribution in [3.8, 4) is 0 Å². The number of ketones is 1. The molecule has 1 aliphatic carbocycles. The summed E-state index contributed by atoms with van der Waals surface area (Å²) in [5, 5.41) is 0. The van der Waals surface area contributed by atoms with Gasteiger partial charge in [0.15, 0.2) is 5.78 Å². The molecule has 0 bridgehead atoms. The summed E-state index contributed by atoms with van der Waals surface area (Å²) in [6.45, 7) is 6.72. The first-order valence-corrected chi connectivity index (χ1v) is 10.4. The lowest BCUT2D eigenvalue weighted by Gasteiger charge is -2.41. The van der Waals surface area contributed by atoms with Crippen LogP contribution in [0.15, 0.2) is 30.6 Å². The van der Waals surface area contributed by atoms with Gasteiger partial charge < -0.3 is 9.64 Å². The number of fused-ring (bicyclic) bond motifs is 3. The minimum absolute atomic E-state index is 0.160. The molecule has 0 unspecified atom stereocenters. The predicted molar refractivity (Wildman–Crippen MR) is 106 cm³/mol. The summed E-state index contributed by atoms with van der Waals surface area (Å²) >= 11 is 0. The van der Waals surface area contributed by atoms with Gasteiger partial charge in [-0.2, -0.15) is 4.39 Å². The molecule has 0 saturated carbocycles. The molecule has 5 rings (SSSR count). The van der Waals surface area contributed by atoms with Crippen molar-refractivity contribution in [2.45, 2.75) is 50.7 Å². The molecule has 0 radical (unpaired) electrons. The quantitative estimate of drug-likeness (QED) is 0.727. The fourth-order valence-corrected chi connectivity index (χ4v) is 5.45. The summed E-state index contributed by atoms with van der Waals surface area (Å²) in [6, 6.07) is 5.46. The maximum atomic E-state index is 13.7. The third-order valence-corrected chi connectivity index (χ3v) is 6.78. The summed E-state index contributed by atoms with van der Waals surface area (Å²) < 4.78 is 20.2. The lowest BCUT2D eigenvalue weighted by Crippen LogP contribution is -2.45. The van der Waals surface area contributed by atoms with Crippen molar-refractivity contribution in [1.29, 1.82) is 0 Å². The van der Waals surface area contributed by atoms with Gasteiger partial charge in [-0.05, 0) is 62.3 Å². The summed E-state index contributed by atoms with van der Waals surface area (Å²) in [5.41, 5.74) is 2.80. The molecule has 1 spiro atoms. The van der Waals surface area contributed by atoms with Crippen molar-refractivity contribution in [1.82, 2.24) is 14.9 Å². The van der Waals surface area contributed by atoms with Gasteiger partial charge in [-0.25, -0.2) is 4.98 Å². The normalized spacial score (nSPS) is 25.1. The van der Waals surface area contributed by atoms with Crippen molar-refractivity contribution in [3.05, 3.63) is 58.9 Å². The number of hydrogen-bond donors (Lipinski definition) is 0. The molecule has 4 heterocycles. The number of rotatable bonds is 2. The van der Waals surface area contributed by atoms with Crippen LogP contribution in [0.4, 0.5) is 4.39 Å². The van der Waals surface area contributed by atoms with E-state index in [2.05, 4.69) is 14.9 Å². The van der Waals surface area contributed by atoms with Crippen molar-refractivity contribution < 1.29 is 13.9 Å². The molecule has 5 nitrogen and oxygen atoms in total. The Kier molecular flexibility index (Phi) is 4.33. The highest BCUT2D eigenvalue weighted by atomic mass is 19.1. The molecule has 6 heteroatoms. The molecule has 3 aliphatic rings. The van der Waals surface area contributed by atoms with Gasteiger partial charge in [-0.15, -0.1) is 0 Å². The number of piperidine rings is 1. The van der Waals surface area contributed by atoms with Crippen molar-refractivity contribution in [2.75, 3.05) is 19.6 Å². The van der Waals surface area contributed by atoms with Crippen LogP contribution in [-0.4, -0.2) is 40.3 Å². The van der Waals surface area contributed by atoms with Crippen molar-refractivity contribution in [2.24, 2.45) is 5.92 Å². The lowest BCUT2D eigenvalue weighted by molar-refractivity contribution is -0.150. The number of aromatic nitrogens is 2. The fourth-order valence-electron chi connectivity index (χ4n) is 5.45. The smallest absolute Gasteiger partial charge is 0.213 e. The first-order valence-electron chi connectivity index (χ1n) is 10.4. The van der Waals surface area contributed by atoms with Gasteiger partial charge in [-0.1, -0.05) is 6.07 Å². The highest BCUT2D eigenvalue weighted by Gasteiger charge is 2.50. The molecule has 1 atom stereocenters. The van der Waals surface area contributed by atoms with Gasteiger partial charge in [-0.3, -0.25) is 9.78 Å². The van der Waals surface area contributed by atoms with Gasteiger partial charge >= 0.3 is 0 Å². The summed E-state index contributed by atoms with van der Waals surface area (Å²) in [5.74, 6) is 0.0390. The van der Waals surface area contributed by atoms with Gasteiger partial charge in [0.05, 0.1) is 11.2 Å². The van der Waals surface area contributed by atoms with Crippen molar-refractivity contribution in [3.63, 3.8) is 0 Å². The zero-order valence-electron chi connectivity index (χ0n) is 16.9. The number of Topliss-reactive ketones (excluding diaryl/α,β-unsaturated/α-hetero) is 1. The third-order valence-electron chi connectivity index (χ3n) is 6.78. The van der Waals surface area contributed by atoms with Crippen LogP contribution >= 0.6 is 0 Å². The Morgan fingerprint density at radius 3 is 2.79 bits per heavy atom. The second-order valence-corrected chi connectivity index (χ2v) is 9.17. The van der Waals surface area contributed by atoms with E-state index in [1.807, 2.05) is 26.0 Å². The molecule has 2 aliphatic heterocycles. The Morgan fingerprint density at radius 1 is 1.21 bits per heavy atom. The van der Waals surface area contributed by atoms with Gasteiger partial charge in [0, 0.05) is 44.0 Å². The number of nitrogens with zero attached hydrogens (tertiary/aromatic N) is 3. The summed E-state index contributed by atoms with van der Waals surface area (Å²) in [7, 11) is 0. The molecule has 2 aromatic heterocycles. The summed E-state index contributed by atoms with van der Waals surface area (Å²) in [6.07, 6.45) is 6.56. The largest absolute Gasteiger partial charge is 0.360 e. The van der Waals surface area contributed by atoms with E-state index >= 15 is 0 Å². The highest BCUT2D eigenvalue weighted by molar-refractivity contribution is 5.96. The molecular formula is C23H26FN3O2. The van der Waals surface area contributed by atoms with Gasteiger partial charge in [0.25, 0.3) is 0 Å². The number of carbonyl (C=O) groups excluding carboxylic acids is 1. The maximum absolute atomic E-state index is 13.7. The number of pyridine rings is 2. The van der Waals surface area contributed by atoms with E-state index in [1.54, 1.807) is 12.4 Å². The second-order valence-electron chi connectivity index (χ2n) is 9.17. The summed E-state index contributed by atoms with van der Waals surface area (Å²) in [4.78, 5) is 23.0. The Hall–Kier alpha value is -2.18. The second kappa shape index (κ2) is 6.67. The standard InChI is InChI=1S/C23H26FN3O2/c1-22(2)17-12-20(24)26-13-18(17)23(29-22)5-8-27(9-6-23)14-15-10-16-4-3-7-25-21(16)19(28)11-15/h3-4,7,12-13,15H,5-6,8-11,14H2,1-2H3/t15-/m1/s1. The minimum Gasteiger partial charge on any atom is -0.360 e. The number of hydrogen-bond acceptors (Lipinski definition) is 5. The number of carbonyl (C=O) groups is 1. The predicted octanol–water partition coefficient (Wildman–Crippen LogP) is 3.62. The lowest BCUT2D eigenvalue weighted by atomic mass is 9.82. The van der Waals surface area contributed by atoms with E-state index in [4.69, 9.17) is 4.74 Å². The van der Waals surface area contributed by atoms with E-state index in [9.17, 15) is 9.18 Å². The minimum atomic E-state index is -0.506. The Morgan fingerprint density at radius 2 is 2.00 bits per heavy atom. The van der Waals surface area contributed by atoms with E-state index in [0.717, 1.165) is 55.6 Å². The molecule has 2 aromatic rings. The first-order chi connectivity index (χ1) is 13.9. The zero-order valence-corrected chi connectivity index (χ0v) is 16.9. The van der Waals surface area contributed by atoms with Gasteiger partial charge in [0.2, 0.25) is 5.95 Å². The average Bonchev–Trinajstić information content (AvgIpc) is 2.90. The topological polar surface area (TPSA) is 55.3 Å². The van der Waals surface area contributed by atoms with Crippen LogP contribution in [0.25, 0.3) is 0 Å². The number of ether oxygens (including phenoxy) is 1. The molecule has 1 fully saturated rings. The van der Waals surface area contributed by atoms with Crippen LogP contribution in [0.5, 0.6) is 0 Å². The number of halogens is 1. The fraction of sp³-hybridized carbons (Fsp3) is 0.522. The van der Waals surface area contributed by atoms with Crippen LogP contribution in [0, 0.1) is 11.9 Å². The van der Waals surface area contributed by atoms with Crippen LogP contribution < -0.4 is 0 Å². The van der Waals surface area contributed by atoms with Crippen LogP contribution in [-0.2, 0) is 22.4 Å². The molecule has 152 valence electrons. The maximum Gasteiger partial charge on any atom is 0.213 e. The highest BCUT2D eigenvalue weighted by Crippen LogP contribution is 2.51. The van der Waals surface area contributed by atoms with Crippen molar-refractivity contribution >= 4 is 5.78 Å². The molecule has 0 N–H and O–H groups in total. The Bertz CT molecular complexity index is 966. The van der Waals surface area contributed by atoms with E-state index in [-0.39, 0.29) is 11.4 Å². The average molecular weight is 395 g/mol. The van der Waals surface area contributed by atoms with E-state index in [0.29, 0.717) is 18.0 Å². The first kappa shape index (κ1) is 18.8. The van der Waals surface area contributed by atoms with Crippen LogP contribution in [0.2, 0.25) is 0 Å². The number of likely N-dealkylation sites (tertiary alicyclic amines) is 1.